The molecule has 0 radical (unpaired) electrons. The number of benzene rings is 2. The first-order chi connectivity index (χ1) is 17.6. The largest absolute Gasteiger partial charge is 0.252 e. The minimum absolute atomic E-state index is 0. The van der Waals surface area contributed by atoms with E-state index < -0.39 is 0 Å². The van der Waals surface area contributed by atoms with Crippen LogP contribution >= 0.6 is 0 Å². The Hall–Kier alpha value is -1.56. The van der Waals surface area contributed by atoms with Gasteiger partial charge >= 0.3 is 0 Å². The van der Waals surface area contributed by atoms with Crippen LogP contribution in [0.25, 0.3) is 0 Å². The summed E-state index contributed by atoms with van der Waals surface area (Å²) < 4.78 is 0. The van der Waals surface area contributed by atoms with E-state index in [2.05, 4.69) is 77.9 Å². The normalized spacial score (nSPS) is 12.1. The second kappa shape index (κ2) is 19.5. The number of hydrogen-bond donors (Lipinski definition) is 0. The van der Waals surface area contributed by atoms with Crippen LogP contribution in [0.5, 0.6) is 0 Å². The molecule has 0 aliphatic heterocycles. The van der Waals surface area contributed by atoms with E-state index in [1.165, 1.54) is 78.6 Å². The minimum Gasteiger partial charge on any atom is -0.252 e. The molecule has 0 spiro atoms. The summed E-state index contributed by atoms with van der Waals surface area (Å²) in [6.07, 6.45) is 16.1. The van der Waals surface area contributed by atoms with Gasteiger partial charge in [0.15, 0.2) is 0 Å². The van der Waals surface area contributed by atoms with Crippen LogP contribution in [0.15, 0.2) is 46.4 Å². The SMILES string of the molecule is CCCCC(=Nc1ccc(CC)c(CC)c1)C(CCCC)=Nc1ccc(CCCC)c(CCCC)c1.[Pd]. The summed E-state index contributed by atoms with van der Waals surface area (Å²) in [5, 5.41) is 0. The Morgan fingerprint density at radius 3 is 1.41 bits per heavy atom. The molecule has 0 saturated heterocycles. The van der Waals surface area contributed by atoms with Crippen molar-refractivity contribution in [3.05, 3.63) is 58.7 Å². The van der Waals surface area contributed by atoms with Gasteiger partial charge in [0.2, 0.25) is 0 Å². The first-order valence-corrected chi connectivity index (χ1v) is 15.0. The van der Waals surface area contributed by atoms with E-state index in [0.29, 0.717) is 0 Å². The van der Waals surface area contributed by atoms with Crippen LogP contribution in [0.4, 0.5) is 11.4 Å². The van der Waals surface area contributed by atoms with Gasteiger partial charge in [-0.05, 0) is 111 Å². The van der Waals surface area contributed by atoms with Crippen LogP contribution in [0.3, 0.4) is 0 Å². The Bertz CT molecular complexity index is 974. The molecule has 2 aromatic rings. The van der Waals surface area contributed by atoms with Crippen molar-refractivity contribution < 1.29 is 20.4 Å². The van der Waals surface area contributed by atoms with E-state index in [0.717, 1.165) is 56.3 Å². The molecule has 0 heterocycles. The average molecular weight is 595 g/mol. The quantitative estimate of drug-likeness (QED) is 0.128. The van der Waals surface area contributed by atoms with Crippen molar-refractivity contribution >= 4 is 22.8 Å². The molecule has 0 aromatic heterocycles. The second-order valence-electron chi connectivity index (χ2n) is 10.1. The van der Waals surface area contributed by atoms with E-state index in [1.54, 1.807) is 0 Å². The topological polar surface area (TPSA) is 24.7 Å². The van der Waals surface area contributed by atoms with Crippen LogP contribution < -0.4 is 0 Å². The Kier molecular flexibility index (Phi) is 17.6. The third-order valence-corrected chi connectivity index (χ3v) is 7.14. The second-order valence-corrected chi connectivity index (χ2v) is 10.1. The summed E-state index contributed by atoms with van der Waals surface area (Å²) in [6, 6.07) is 13.7. The predicted molar refractivity (Wildman–Crippen MR) is 162 cm³/mol. The zero-order valence-corrected chi connectivity index (χ0v) is 26.1. The number of rotatable bonds is 17. The van der Waals surface area contributed by atoms with Gasteiger partial charge in [-0.15, -0.1) is 0 Å². The molecule has 0 bridgehead atoms. The van der Waals surface area contributed by atoms with Crippen molar-refractivity contribution in [1.82, 2.24) is 0 Å². The molecular weight excluding hydrogens is 543 g/mol. The maximum absolute atomic E-state index is 5.30. The van der Waals surface area contributed by atoms with Crippen molar-refractivity contribution in [3.8, 4) is 0 Å². The van der Waals surface area contributed by atoms with Gasteiger partial charge in [-0.2, -0.15) is 0 Å². The molecule has 0 aliphatic rings. The molecule has 37 heavy (non-hydrogen) atoms. The summed E-state index contributed by atoms with van der Waals surface area (Å²) in [6.45, 7) is 13.6. The van der Waals surface area contributed by atoms with E-state index in [9.17, 15) is 0 Å². The van der Waals surface area contributed by atoms with Crippen LogP contribution in [0.1, 0.15) is 128 Å². The molecule has 0 amide bonds. The molecule has 208 valence electrons. The summed E-state index contributed by atoms with van der Waals surface area (Å²) in [7, 11) is 0. The van der Waals surface area contributed by atoms with Crippen molar-refractivity contribution in [1.29, 1.82) is 0 Å². The van der Waals surface area contributed by atoms with Gasteiger partial charge in [-0.1, -0.05) is 79.4 Å². The van der Waals surface area contributed by atoms with Crippen molar-refractivity contribution in [2.75, 3.05) is 0 Å². The molecule has 2 rings (SSSR count). The van der Waals surface area contributed by atoms with Gasteiger partial charge < -0.3 is 0 Å². The van der Waals surface area contributed by atoms with Gasteiger partial charge in [0.05, 0.1) is 22.8 Å². The first-order valence-electron chi connectivity index (χ1n) is 15.0. The monoisotopic (exact) mass is 594 g/mol. The molecule has 2 nitrogen and oxygen atoms in total. The van der Waals surface area contributed by atoms with Crippen LogP contribution in [0.2, 0.25) is 0 Å². The molecule has 0 saturated carbocycles. The summed E-state index contributed by atoms with van der Waals surface area (Å²) in [4.78, 5) is 10.5. The fourth-order valence-electron chi connectivity index (χ4n) is 4.78. The van der Waals surface area contributed by atoms with E-state index in [1.807, 2.05) is 0 Å². The molecule has 0 unspecified atom stereocenters. The fraction of sp³-hybridized carbons (Fsp3) is 0.588. The standard InChI is InChI=1S/C34H52N2.Pd/c1-7-13-17-29-22-24-32(26-30(29)18-14-8-2)36-34(20-16-10-4)33(19-15-9-3)35-31-23-21-27(11-5)28(12-6)25-31;/h21-26H,7-20H2,1-6H3;. The smallest absolute Gasteiger partial charge is 0.0636 e. The molecule has 0 fully saturated rings. The van der Waals surface area contributed by atoms with Crippen molar-refractivity contribution in [2.45, 2.75) is 131 Å². The molecule has 0 N–H and O–H groups in total. The zero-order valence-electron chi connectivity index (χ0n) is 24.6. The minimum atomic E-state index is 0. The van der Waals surface area contributed by atoms with Crippen molar-refractivity contribution in [3.63, 3.8) is 0 Å². The molecular formula is C34H52N2Pd. The van der Waals surface area contributed by atoms with Crippen LogP contribution in [-0.4, -0.2) is 11.4 Å². The van der Waals surface area contributed by atoms with Crippen LogP contribution in [0, 0.1) is 0 Å². The Labute approximate surface area is 242 Å². The van der Waals surface area contributed by atoms with E-state index in [-0.39, 0.29) is 20.4 Å². The first kappa shape index (κ1) is 33.5. The number of unbranched alkanes of at least 4 members (excludes halogenated alkanes) is 4. The van der Waals surface area contributed by atoms with Gasteiger partial charge in [0, 0.05) is 20.4 Å². The maximum Gasteiger partial charge on any atom is 0.0636 e. The van der Waals surface area contributed by atoms with Gasteiger partial charge in [0.25, 0.3) is 0 Å². The third-order valence-electron chi connectivity index (χ3n) is 7.14. The number of aryl methyl sites for hydroxylation is 4. The summed E-state index contributed by atoms with van der Waals surface area (Å²) in [5.74, 6) is 0. The maximum atomic E-state index is 5.30. The Balaban J connectivity index is 0.00000684. The Morgan fingerprint density at radius 1 is 0.514 bits per heavy atom. The van der Waals surface area contributed by atoms with E-state index >= 15 is 0 Å². The average Bonchev–Trinajstić information content (AvgIpc) is 2.91. The van der Waals surface area contributed by atoms with Crippen molar-refractivity contribution in [2.24, 2.45) is 9.98 Å². The zero-order chi connectivity index (χ0) is 26.2. The molecule has 3 heteroatoms. The summed E-state index contributed by atoms with van der Waals surface area (Å²) in [5.41, 5.74) is 10.4. The number of hydrogen-bond acceptors (Lipinski definition) is 2. The van der Waals surface area contributed by atoms with Gasteiger partial charge in [0.1, 0.15) is 0 Å². The van der Waals surface area contributed by atoms with Crippen LogP contribution in [-0.2, 0) is 46.1 Å². The number of nitrogens with zero attached hydrogens (tertiary/aromatic N) is 2. The Morgan fingerprint density at radius 2 is 0.946 bits per heavy atom. The molecule has 0 atom stereocenters. The van der Waals surface area contributed by atoms with E-state index in [4.69, 9.17) is 9.98 Å². The molecule has 2 aromatic carbocycles. The summed E-state index contributed by atoms with van der Waals surface area (Å²) >= 11 is 0. The van der Waals surface area contributed by atoms with Gasteiger partial charge in [-0.3, -0.25) is 9.98 Å². The predicted octanol–water partition coefficient (Wildman–Crippen LogP) is 10.7. The third kappa shape index (κ3) is 11.4. The fourth-order valence-corrected chi connectivity index (χ4v) is 4.78. The number of aliphatic imine (C=N–C) groups is 2. The molecule has 0 aliphatic carbocycles. The van der Waals surface area contributed by atoms with Gasteiger partial charge in [-0.25, -0.2) is 0 Å².